The molecule has 3 aromatic rings. The van der Waals surface area contributed by atoms with Crippen LogP contribution in [0.2, 0.25) is 0 Å². The molecule has 1 fully saturated rings. The van der Waals surface area contributed by atoms with E-state index in [4.69, 9.17) is 26.4 Å². The largest absolute Gasteiger partial charge is 0.454 e. The molecule has 10 heteroatoms. The van der Waals surface area contributed by atoms with Crippen molar-refractivity contribution < 1.29 is 18.6 Å². The zero-order valence-electron chi connectivity index (χ0n) is 19.2. The molecule has 0 unspecified atom stereocenters. The first-order valence-electron chi connectivity index (χ1n) is 11.6. The second kappa shape index (κ2) is 10.6. The number of ether oxygens (including phenoxy) is 3. The zero-order valence-corrected chi connectivity index (χ0v) is 20.0. The first kappa shape index (κ1) is 23.5. The maximum absolute atomic E-state index is 13.3. The molecular weight excluding hydrogens is 471 g/mol. The molecule has 8 nitrogen and oxygen atoms in total. The molecule has 1 saturated heterocycles. The Labute approximate surface area is 207 Å². The van der Waals surface area contributed by atoms with Crippen LogP contribution in [0.1, 0.15) is 12.0 Å². The lowest BCUT2D eigenvalue weighted by Crippen LogP contribution is -2.40. The molecule has 0 atom stereocenters. The van der Waals surface area contributed by atoms with Gasteiger partial charge in [-0.2, -0.15) is 0 Å². The third-order valence-corrected chi connectivity index (χ3v) is 6.52. The molecule has 0 saturated carbocycles. The zero-order chi connectivity index (χ0) is 24.2. The number of benzene rings is 2. The Balaban J connectivity index is 1.34. The summed E-state index contributed by atoms with van der Waals surface area (Å²) in [6, 6.07) is 11.6. The Morgan fingerprint density at radius 1 is 1.11 bits per heavy atom. The molecule has 3 heterocycles. The van der Waals surface area contributed by atoms with Crippen LogP contribution < -0.4 is 20.3 Å². The van der Waals surface area contributed by atoms with E-state index in [1.165, 1.54) is 12.1 Å². The lowest BCUT2D eigenvalue weighted by Gasteiger charge is -2.29. The van der Waals surface area contributed by atoms with E-state index in [-0.39, 0.29) is 18.2 Å². The number of aromatic amines is 1. The van der Waals surface area contributed by atoms with Gasteiger partial charge in [0.25, 0.3) is 5.56 Å². The molecule has 2 aliphatic rings. The highest BCUT2D eigenvalue weighted by Gasteiger charge is 2.18. The Kier molecular flexibility index (Phi) is 7.12. The summed E-state index contributed by atoms with van der Waals surface area (Å²) in [5.74, 6) is 0.967. The lowest BCUT2D eigenvalue weighted by molar-refractivity contribution is 0.0367. The van der Waals surface area contributed by atoms with Crippen LogP contribution in [0.3, 0.4) is 0 Å². The summed E-state index contributed by atoms with van der Waals surface area (Å²) in [5.41, 5.74) is 1.79. The van der Waals surface area contributed by atoms with E-state index in [9.17, 15) is 9.18 Å². The number of pyridine rings is 1. The van der Waals surface area contributed by atoms with Gasteiger partial charge in [-0.15, -0.1) is 0 Å². The van der Waals surface area contributed by atoms with Crippen molar-refractivity contribution in [2.45, 2.75) is 13.0 Å². The Hall–Kier alpha value is -3.21. The maximum Gasteiger partial charge on any atom is 0.253 e. The Morgan fingerprint density at radius 3 is 2.63 bits per heavy atom. The van der Waals surface area contributed by atoms with Gasteiger partial charge in [0.05, 0.1) is 25.3 Å². The SMILES string of the molecule is O=c1[nH]c2cc3c(cc2cc1CN(CCCN1CCOCC1)C(=S)Nc1ccc(F)cc1)OCO3. The third-order valence-electron chi connectivity index (χ3n) is 6.16. The van der Waals surface area contributed by atoms with Crippen LogP contribution >= 0.6 is 12.2 Å². The fourth-order valence-electron chi connectivity index (χ4n) is 4.26. The third kappa shape index (κ3) is 5.72. The van der Waals surface area contributed by atoms with Crippen LogP contribution in [0.5, 0.6) is 11.5 Å². The molecular formula is C25H27FN4O4S. The molecule has 5 rings (SSSR count). The summed E-state index contributed by atoms with van der Waals surface area (Å²) >= 11 is 5.70. The van der Waals surface area contributed by atoms with Gasteiger partial charge >= 0.3 is 0 Å². The van der Waals surface area contributed by atoms with E-state index < -0.39 is 0 Å². The first-order chi connectivity index (χ1) is 17.0. The number of fused-ring (bicyclic) bond motifs is 2. The molecule has 0 radical (unpaired) electrons. The average molecular weight is 499 g/mol. The Morgan fingerprint density at radius 2 is 1.86 bits per heavy atom. The van der Waals surface area contributed by atoms with Crippen molar-refractivity contribution in [3.8, 4) is 11.5 Å². The summed E-state index contributed by atoms with van der Waals surface area (Å²) < 4.78 is 29.7. The van der Waals surface area contributed by atoms with E-state index in [0.29, 0.717) is 46.5 Å². The molecule has 0 aliphatic carbocycles. The van der Waals surface area contributed by atoms with Gasteiger partial charge in [-0.1, -0.05) is 0 Å². The van der Waals surface area contributed by atoms with Gasteiger partial charge in [-0.05, 0) is 55.0 Å². The van der Waals surface area contributed by atoms with Gasteiger partial charge in [0.1, 0.15) is 5.82 Å². The van der Waals surface area contributed by atoms with E-state index in [1.54, 1.807) is 18.2 Å². The predicted molar refractivity (Wildman–Crippen MR) is 136 cm³/mol. The quantitative estimate of drug-likeness (QED) is 0.481. The van der Waals surface area contributed by atoms with Crippen molar-refractivity contribution >= 4 is 33.9 Å². The normalized spacial score (nSPS) is 15.3. The lowest BCUT2D eigenvalue weighted by atomic mass is 10.1. The topological polar surface area (TPSA) is 79.1 Å². The number of aromatic nitrogens is 1. The van der Waals surface area contributed by atoms with Gasteiger partial charge in [0, 0.05) is 48.9 Å². The predicted octanol–water partition coefficient (Wildman–Crippen LogP) is 3.32. The standard InChI is InChI=1S/C25H27FN4O4S/c26-19-2-4-20(5-3-19)27-25(35)30(7-1-6-29-8-10-32-11-9-29)15-18-12-17-13-22-23(34-16-33-22)14-21(17)28-24(18)31/h2-5,12-14H,1,6-11,15-16H2,(H,27,35)(H,28,31). The van der Waals surface area contributed by atoms with Gasteiger partial charge < -0.3 is 29.4 Å². The average Bonchev–Trinajstić information content (AvgIpc) is 3.31. The maximum atomic E-state index is 13.3. The van der Waals surface area contributed by atoms with Crippen molar-refractivity contribution in [2.24, 2.45) is 0 Å². The van der Waals surface area contributed by atoms with Gasteiger partial charge in [-0.25, -0.2) is 4.39 Å². The van der Waals surface area contributed by atoms with Gasteiger partial charge in [0.15, 0.2) is 16.6 Å². The smallest absolute Gasteiger partial charge is 0.253 e. The van der Waals surface area contributed by atoms with E-state index in [2.05, 4.69) is 15.2 Å². The number of hydrogen-bond donors (Lipinski definition) is 2. The molecule has 35 heavy (non-hydrogen) atoms. The van der Waals surface area contributed by atoms with Crippen LogP contribution in [-0.4, -0.2) is 66.1 Å². The molecule has 0 spiro atoms. The summed E-state index contributed by atoms with van der Waals surface area (Å²) in [6.45, 7) is 5.40. The van der Waals surface area contributed by atoms with E-state index >= 15 is 0 Å². The van der Waals surface area contributed by atoms with Crippen molar-refractivity contribution in [3.63, 3.8) is 0 Å². The monoisotopic (exact) mass is 498 g/mol. The fraction of sp³-hybridized carbons (Fsp3) is 0.360. The molecule has 2 N–H and O–H groups in total. The number of thiocarbonyl (C=S) groups is 1. The number of hydrogen-bond acceptors (Lipinski definition) is 6. The molecule has 1 aromatic heterocycles. The van der Waals surface area contributed by atoms with Crippen molar-refractivity contribution in [2.75, 3.05) is 51.5 Å². The van der Waals surface area contributed by atoms with Gasteiger partial charge in [-0.3, -0.25) is 9.69 Å². The number of morpholine rings is 1. The second-order valence-corrected chi connectivity index (χ2v) is 8.97. The molecule has 0 bridgehead atoms. The number of anilines is 1. The number of nitrogens with zero attached hydrogens (tertiary/aromatic N) is 2. The first-order valence-corrected chi connectivity index (χ1v) is 12.0. The summed E-state index contributed by atoms with van der Waals surface area (Å²) in [6.07, 6.45) is 0.870. The minimum absolute atomic E-state index is 0.170. The van der Waals surface area contributed by atoms with Crippen molar-refractivity contribution in [3.05, 3.63) is 64.2 Å². The van der Waals surface area contributed by atoms with Crippen LogP contribution in [-0.2, 0) is 11.3 Å². The highest BCUT2D eigenvalue weighted by atomic mass is 32.1. The molecule has 2 aliphatic heterocycles. The molecule has 184 valence electrons. The minimum atomic E-state index is -0.313. The second-order valence-electron chi connectivity index (χ2n) is 8.58. The summed E-state index contributed by atoms with van der Waals surface area (Å²) in [7, 11) is 0. The van der Waals surface area contributed by atoms with Crippen molar-refractivity contribution in [1.82, 2.24) is 14.8 Å². The molecule has 0 amide bonds. The Bertz CT molecular complexity index is 1260. The summed E-state index contributed by atoms with van der Waals surface area (Å²) in [5, 5.41) is 4.51. The number of rotatable bonds is 7. The summed E-state index contributed by atoms with van der Waals surface area (Å²) in [4.78, 5) is 20.2. The highest BCUT2D eigenvalue weighted by molar-refractivity contribution is 7.80. The number of halogens is 1. The minimum Gasteiger partial charge on any atom is -0.454 e. The number of H-pyrrole nitrogens is 1. The van der Waals surface area contributed by atoms with E-state index in [0.717, 1.165) is 44.7 Å². The van der Waals surface area contributed by atoms with Crippen LogP contribution in [0.25, 0.3) is 10.9 Å². The van der Waals surface area contributed by atoms with Crippen molar-refractivity contribution in [1.29, 1.82) is 0 Å². The highest BCUT2D eigenvalue weighted by Crippen LogP contribution is 2.35. The number of nitrogens with one attached hydrogen (secondary N) is 2. The van der Waals surface area contributed by atoms with Gasteiger partial charge in [0.2, 0.25) is 6.79 Å². The fourth-order valence-corrected chi connectivity index (χ4v) is 4.54. The van der Waals surface area contributed by atoms with Crippen LogP contribution in [0.15, 0.2) is 47.3 Å². The van der Waals surface area contributed by atoms with E-state index in [1.807, 2.05) is 17.0 Å². The van der Waals surface area contributed by atoms with Crippen LogP contribution in [0, 0.1) is 5.82 Å². The van der Waals surface area contributed by atoms with Crippen LogP contribution in [0.4, 0.5) is 10.1 Å². The molecule has 2 aromatic carbocycles.